The van der Waals surface area contributed by atoms with Crippen LogP contribution in [0, 0.1) is 5.92 Å². The molecule has 0 amide bonds. The van der Waals surface area contributed by atoms with E-state index in [0.29, 0.717) is 6.54 Å². The Morgan fingerprint density at radius 3 is 2.84 bits per heavy atom. The predicted molar refractivity (Wildman–Crippen MR) is 76.0 cm³/mol. The van der Waals surface area contributed by atoms with Crippen LogP contribution in [0.25, 0.3) is 0 Å². The number of rotatable bonds is 6. The second-order valence-corrected chi connectivity index (χ2v) is 5.78. The number of likely N-dealkylation sites (tertiary alicyclic amines) is 1. The fraction of sp³-hybridized carbons (Fsp3) is 0.733. The van der Waals surface area contributed by atoms with E-state index in [1.807, 2.05) is 19.1 Å². The van der Waals surface area contributed by atoms with Crippen molar-refractivity contribution in [1.82, 2.24) is 10.2 Å². The highest BCUT2D eigenvalue weighted by molar-refractivity contribution is 5.02. The Bertz CT molecular complexity index is 345. The molecule has 1 aliphatic heterocycles. The molecular formula is C15H26N2O2. The van der Waals surface area contributed by atoms with Crippen molar-refractivity contribution >= 4 is 0 Å². The molecule has 1 aliphatic rings. The Morgan fingerprint density at radius 1 is 1.47 bits per heavy atom. The predicted octanol–water partition coefficient (Wildman–Crippen LogP) is 2.02. The summed E-state index contributed by atoms with van der Waals surface area (Å²) >= 11 is 0. The molecule has 0 radical (unpaired) electrons. The van der Waals surface area contributed by atoms with E-state index in [4.69, 9.17) is 4.42 Å². The van der Waals surface area contributed by atoms with Gasteiger partial charge in [0.15, 0.2) is 0 Å². The minimum atomic E-state index is -0.314. The normalized spacial score (nSPS) is 21.4. The quantitative estimate of drug-likeness (QED) is 0.827. The highest BCUT2D eigenvalue weighted by atomic mass is 16.3. The summed E-state index contributed by atoms with van der Waals surface area (Å²) in [5.74, 6) is 1.75. The van der Waals surface area contributed by atoms with Crippen molar-refractivity contribution in [3.8, 4) is 0 Å². The van der Waals surface area contributed by atoms with E-state index in [2.05, 4.69) is 17.1 Å². The number of aliphatic hydroxyl groups excluding tert-OH is 1. The second-order valence-electron chi connectivity index (χ2n) is 5.78. The summed E-state index contributed by atoms with van der Waals surface area (Å²) in [4.78, 5) is 2.36. The maximum Gasteiger partial charge on any atom is 0.120 e. The van der Waals surface area contributed by atoms with Gasteiger partial charge in [0.25, 0.3) is 0 Å². The number of nitrogens with zero attached hydrogens (tertiary/aromatic N) is 1. The van der Waals surface area contributed by atoms with Crippen molar-refractivity contribution in [1.29, 1.82) is 0 Å². The van der Waals surface area contributed by atoms with Gasteiger partial charge in [0.1, 0.15) is 5.76 Å². The monoisotopic (exact) mass is 266 g/mol. The van der Waals surface area contributed by atoms with Crippen molar-refractivity contribution < 1.29 is 9.52 Å². The van der Waals surface area contributed by atoms with Crippen molar-refractivity contribution in [2.45, 2.75) is 38.8 Å². The highest BCUT2D eigenvalue weighted by Crippen LogP contribution is 2.16. The molecule has 2 heterocycles. The Morgan fingerprint density at radius 2 is 2.21 bits per heavy atom. The van der Waals surface area contributed by atoms with Crippen LogP contribution in [0.3, 0.4) is 0 Å². The molecule has 0 aromatic carbocycles. The maximum absolute atomic E-state index is 10.1. The van der Waals surface area contributed by atoms with Crippen molar-refractivity contribution in [2.75, 3.05) is 26.2 Å². The van der Waals surface area contributed by atoms with E-state index >= 15 is 0 Å². The Kier molecular flexibility index (Phi) is 5.43. The van der Waals surface area contributed by atoms with Gasteiger partial charge in [-0.25, -0.2) is 0 Å². The van der Waals surface area contributed by atoms with E-state index in [0.717, 1.165) is 31.3 Å². The number of hydrogen-bond donors (Lipinski definition) is 2. The third-order valence-corrected chi connectivity index (χ3v) is 3.97. The van der Waals surface area contributed by atoms with Gasteiger partial charge in [0, 0.05) is 13.1 Å². The van der Waals surface area contributed by atoms with Crippen molar-refractivity contribution in [3.05, 3.63) is 24.2 Å². The van der Waals surface area contributed by atoms with Gasteiger partial charge in [-0.1, -0.05) is 6.92 Å². The second kappa shape index (κ2) is 7.08. The van der Waals surface area contributed by atoms with Crippen molar-refractivity contribution in [2.24, 2.45) is 5.92 Å². The number of β-amino-alcohol motifs (C(OH)–C–C–N with tert-alkyl or cyclic N) is 1. The molecule has 108 valence electrons. The maximum atomic E-state index is 10.1. The van der Waals surface area contributed by atoms with E-state index in [1.165, 1.54) is 12.8 Å². The summed E-state index contributed by atoms with van der Waals surface area (Å²) in [6.07, 6.45) is 3.87. The fourth-order valence-corrected chi connectivity index (χ4v) is 2.56. The minimum absolute atomic E-state index is 0.144. The number of furan rings is 1. The summed E-state index contributed by atoms with van der Waals surface area (Å²) in [5, 5.41) is 13.4. The van der Waals surface area contributed by atoms with Gasteiger partial charge in [0.2, 0.25) is 0 Å². The summed E-state index contributed by atoms with van der Waals surface area (Å²) in [7, 11) is 0. The first-order chi connectivity index (χ1) is 9.15. The van der Waals surface area contributed by atoms with E-state index in [1.54, 1.807) is 6.26 Å². The minimum Gasteiger partial charge on any atom is -0.468 e. The van der Waals surface area contributed by atoms with Crippen LogP contribution in [0.4, 0.5) is 0 Å². The molecule has 1 aromatic heterocycles. The molecule has 4 heteroatoms. The molecule has 4 nitrogen and oxygen atoms in total. The number of piperidine rings is 1. The van der Waals surface area contributed by atoms with Crippen LogP contribution in [0.15, 0.2) is 22.8 Å². The molecule has 0 bridgehead atoms. The summed E-state index contributed by atoms with van der Waals surface area (Å²) in [5.41, 5.74) is 0. The van der Waals surface area contributed by atoms with E-state index < -0.39 is 0 Å². The summed E-state index contributed by atoms with van der Waals surface area (Å²) in [6.45, 7) is 7.96. The third-order valence-electron chi connectivity index (χ3n) is 3.97. The first kappa shape index (κ1) is 14.6. The number of nitrogens with one attached hydrogen (secondary N) is 1. The van der Waals surface area contributed by atoms with Crippen molar-refractivity contribution in [3.63, 3.8) is 0 Å². The average Bonchev–Trinajstić information content (AvgIpc) is 2.93. The lowest BCUT2D eigenvalue weighted by atomic mass is 9.99. The first-order valence-corrected chi connectivity index (χ1v) is 7.32. The lowest BCUT2D eigenvalue weighted by Gasteiger charge is -2.31. The van der Waals surface area contributed by atoms with Crippen LogP contribution >= 0.6 is 0 Å². The molecular weight excluding hydrogens is 240 g/mol. The molecule has 0 saturated carbocycles. The summed E-state index contributed by atoms with van der Waals surface area (Å²) in [6, 6.07) is 3.99. The molecule has 19 heavy (non-hydrogen) atoms. The topological polar surface area (TPSA) is 48.6 Å². The molecule has 0 spiro atoms. The molecule has 0 aliphatic carbocycles. The van der Waals surface area contributed by atoms with Gasteiger partial charge in [-0.2, -0.15) is 0 Å². The lowest BCUT2D eigenvalue weighted by molar-refractivity contribution is 0.0887. The molecule has 2 rings (SSSR count). The summed E-state index contributed by atoms with van der Waals surface area (Å²) < 4.78 is 5.33. The molecule has 1 fully saturated rings. The van der Waals surface area contributed by atoms with Gasteiger partial charge in [-0.3, -0.25) is 0 Å². The fourth-order valence-electron chi connectivity index (χ4n) is 2.56. The molecule has 2 unspecified atom stereocenters. The van der Waals surface area contributed by atoms with Gasteiger partial charge >= 0.3 is 0 Å². The number of aliphatic hydroxyl groups is 1. The Balaban J connectivity index is 1.65. The third kappa shape index (κ3) is 4.64. The first-order valence-electron chi connectivity index (χ1n) is 7.32. The smallest absolute Gasteiger partial charge is 0.120 e. The molecule has 1 aromatic rings. The standard InChI is InChI=1S/C15H26N2O2/c1-12-5-7-17(8-6-12)11-14(18)10-16-13(2)15-4-3-9-19-15/h3-4,9,12-14,16,18H,5-8,10-11H2,1-2H3. The van der Waals surface area contributed by atoms with Crippen LogP contribution in [0.2, 0.25) is 0 Å². The van der Waals surface area contributed by atoms with Crippen LogP contribution < -0.4 is 5.32 Å². The average molecular weight is 266 g/mol. The number of hydrogen-bond acceptors (Lipinski definition) is 4. The van der Waals surface area contributed by atoms with Crippen LogP contribution in [-0.2, 0) is 0 Å². The zero-order valence-electron chi connectivity index (χ0n) is 12.0. The Hall–Kier alpha value is -0.840. The molecule has 2 atom stereocenters. The van der Waals surface area contributed by atoms with Gasteiger partial charge in [-0.15, -0.1) is 0 Å². The van der Waals surface area contributed by atoms with E-state index in [-0.39, 0.29) is 12.1 Å². The van der Waals surface area contributed by atoms with Crippen LogP contribution in [-0.4, -0.2) is 42.3 Å². The molecule has 2 N–H and O–H groups in total. The van der Waals surface area contributed by atoms with Crippen LogP contribution in [0.5, 0.6) is 0 Å². The van der Waals surface area contributed by atoms with Gasteiger partial charge in [0.05, 0.1) is 18.4 Å². The Labute approximate surface area is 115 Å². The van der Waals surface area contributed by atoms with Gasteiger partial charge < -0.3 is 19.7 Å². The largest absolute Gasteiger partial charge is 0.468 e. The lowest BCUT2D eigenvalue weighted by Crippen LogP contribution is -2.42. The van der Waals surface area contributed by atoms with Crippen LogP contribution in [0.1, 0.15) is 38.5 Å². The SMILES string of the molecule is CC1CCN(CC(O)CNC(C)c2ccco2)CC1. The van der Waals surface area contributed by atoms with E-state index in [9.17, 15) is 5.11 Å². The molecule has 1 saturated heterocycles. The zero-order chi connectivity index (χ0) is 13.7. The van der Waals surface area contributed by atoms with Gasteiger partial charge in [-0.05, 0) is 50.9 Å². The highest BCUT2D eigenvalue weighted by Gasteiger charge is 2.18. The zero-order valence-corrected chi connectivity index (χ0v) is 12.0.